The first-order chi connectivity index (χ1) is 41.2. The minimum atomic E-state index is -0.189. The molecule has 4 unspecified atom stereocenters. The Morgan fingerprint density at radius 1 is 0.250 bits per heavy atom. The topological polar surface area (TPSA) is 36.4 Å². The summed E-state index contributed by atoms with van der Waals surface area (Å²) in [6, 6.07) is 0. The van der Waals surface area contributed by atoms with Gasteiger partial charge in [-0.2, -0.15) is 0 Å². The molecule has 0 aliphatic carbocycles. The predicted molar refractivity (Wildman–Crippen MR) is 380 cm³/mol. The third-order valence-corrected chi connectivity index (χ3v) is 20.0. The molecule has 1 aliphatic heterocycles. The van der Waals surface area contributed by atoms with Gasteiger partial charge in [-0.1, -0.05) is 351 Å². The summed E-state index contributed by atoms with van der Waals surface area (Å²) in [6.07, 6.45) is 71.0. The lowest BCUT2D eigenvalue weighted by Gasteiger charge is -2.38. The van der Waals surface area contributed by atoms with E-state index < -0.39 is 0 Å². The average Bonchev–Trinajstić information content (AvgIpc) is 3.62. The number of unbranched alkanes of at least 4 members (excludes halogenated alkanes) is 42. The van der Waals surface area contributed by atoms with Crippen molar-refractivity contribution in [3.05, 3.63) is 0 Å². The number of aliphatic hydroxyl groups excluding tert-OH is 1. The molecule has 0 aromatic rings. The number of rotatable bonds is 69. The van der Waals surface area contributed by atoms with Gasteiger partial charge in [0.2, 0.25) is 0 Å². The fourth-order valence-electron chi connectivity index (χ4n) is 14.0. The highest BCUT2D eigenvalue weighted by molar-refractivity contribution is 4.78. The Morgan fingerprint density at radius 3 is 0.774 bits per heavy atom. The Kier molecular flexibility index (Phi) is 62.6. The SMILES string of the molecule is CCCCCCCCCCCCCN(CCN(CCN1CCN(CCN(CC(C)CCCCCCCCCCC)CC(C)CCCCCCCCCCC)CC1)CC(C)CCCCCCCCCCC)CC(O)CCCCCCCCCCC. The first-order valence-electron chi connectivity index (χ1n) is 39.5. The van der Waals surface area contributed by atoms with E-state index >= 15 is 0 Å². The van der Waals surface area contributed by atoms with Crippen LogP contribution in [0.3, 0.4) is 0 Å². The molecule has 1 heterocycles. The first-order valence-corrected chi connectivity index (χ1v) is 39.5. The van der Waals surface area contributed by atoms with Crippen LogP contribution in [0.15, 0.2) is 0 Å². The highest BCUT2D eigenvalue weighted by Crippen LogP contribution is 2.21. The molecule has 6 nitrogen and oxygen atoms in total. The van der Waals surface area contributed by atoms with E-state index in [1.807, 2.05) is 0 Å². The molecule has 0 bridgehead atoms. The van der Waals surface area contributed by atoms with Gasteiger partial charge in [0.05, 0.1) is 6.10 Å². The largest absolute Gasteiger partial charge is 0.392 e. The van der Waals surface area contributed by atoms with Crippen molar-refractivity contribution in [3.8, 4) is 0 Å². The molecular formula is C78H161N5O. The van der Waals surface area contributed by atoms with Gasteiger partial charge in [-0.15, -0.1) is 0 Å². The van der Waals surface area contributed by atoms with Crippen molar-refractivity contribution in [3.63, 3.8) is 0 Å². The molecule has 0 spiro atoms. The lowest BCUT2D eigenvalue weighted by Crippen LogP contribution is -2.51. The maximum atomic E-state index is 11.5. The first kappa shape index (κ1) is 81.8. The van der Waals surface area contributed by atoms with E-state index in [0.29, 0.717) is 0 Å². The monoisotopic (exact) mass is 1180 g/mol. The van der Waals surface area contributed by atoms with Crippen LogP contribution in [-0.2, 0) is 0 Å². The Balaban J connectivity index is 2.91. The summed E-state index contributed by atoms with van der Waals surface area (Å²) in [5.41, 5.74) is 0. The molecule has 1 saturated heterocycles. The molecular weight excluding hydrogens is 1020 g/mol. The molecule has 1 fully saturated rings. The van der Waals surface area contributed by atoms with Crippen molar-refractivity contribution in [2.45, 2.75) is 389 Å². The van der Waals surface area contributed by atoms with Crippen LogP contribution < -0.4 is 0 Å². The smallest absolute Gasteiger partial charge is 0.0667 e. The highest BCUT2D eigenvalue weighted by Gasteiger charge is 2.22. The quantitative estimate of drug-likeness (QED) is 0.0612. The van der Waals surface area contributed by atoms with Crippen molar-refractivity contribution in [2.24, 2.45) is 17.8 Å². The lowest BCUT2D eigenvalue weighted by atomic mass is 9.98. The van der Waals surface area contributed by atoms with Gasteiger partial charge < -0.3 is 14.9 Å². The van der Waals surface area contributed by atoms with Crippen LogP contribution in [0.2, 0.25) is 0 Å². The van der Waals surface area contributed by atoms with Crippen molar-refractivity contribution < 1.29 is 5.11 Å². The van der Waals surface area contributed by atoms with Crippen molar-refractivity contribution in [1.29, 1.82) is 0 Å². The molecule has 1 rings (SSSR count). The van der Waals surface area contributed by atoms with Crippen LogP contribution in [0.1, 0.15) is 383 Å². The van der Waals surface area contributed by atoms with E-state index in [2.05, 4.69) is 79.9 Å². The summed E-state index contributed by atoms with van der Waals surface area (Å²) in [6.45, 7) is 37.2. The average molecular weight is 1190 g/mol. The van der Waals surface area contributed by atoms with Gasteiger partial charge >= 0.3 is 0 Å². The highest BCUT2D eigenvalue weighted by atomic mass is 16.3. The Hall–Kier alpha value is -0.240. The van der Waals surface area contributed by atoms with E-state index in [4.69, 9.17) is 0 Å². The number of piperazine rings is 1. The second kappa shape index (κ2) is 64.3. The fourth-order valence-corrected chi connectivity index (χ4v) is 14.0. The molecule has 84 heavy (non-hydrogen) atoms. The normalized spacial score (nSPS) is 15.1. The summed E-state index contributed by atoms with van der Waals surface area (Å²) in [5, 5.41) is 11.5. The summed E-state index contributed by atoms with van der Waals surface area (Å²) >= 11 is 0. The minimum absolute atomic E-state index is 0.189. The third-order valence-electron chi connectivity index (χ3n) is 20.0. The van der Waals surface area contributed by atoms with Crippen LogP contribution in [-0.4, -0.2) is 134 Å². The number of nitrogens with zero attached hydrogens (tertiary/aromatic N) is 5. The van der Waals surface area contributed by atoms with E-state index in [9.17, 15) is 5.11 Å². The zero-order chi connectivity index (χ0) is 60.9. The van der Waals surface area contributed by atoms with Crippen molar-refractivity contribution >= 4 is 0 Å². The van der Waals surface area contributed by atoms with Gasteiger partial charge in [0.25, 0.3) is 0 Å². The molecule has 1 aliphatic rings. The summed E-state index contributed by atoms with van der Waals surface area (Å²) in [5.74, 6) is 2.34. The third kappa shape index (κ3) is 55.8. The summed E-state index contributed by atoms with van der Waals surface area (Å²) in [4.78, 5) is 14.2. The maximum Gasteiger partial charge on any atom is 0.0667 e. The van der Waals surface area contributed by atoms with Gasteiger partial charge in [0, 0.05) is 91.6 Å². The molecule has 0 amide bonds. The van der Waals surface area contributed by atoms with Crippen LogP contribution >= 0.6 is 0 Å². The zero-order valence-electron chi connectivity index (χ0n) is 59.7. The minimum Gasteiger partial charge on any atom is -0.392 e. The standard InChI is InChI=1S/C78H161N5O/c1-9-14-19-24-29-34-35-40-45-50-55-60-81(74-78(84)59-54-49-44-39-33-28-23-18-13-5)68-69-82(71-75(6)56-51-46-41-36-30-25-20-15-10-2)67-65-79-61-63-80(64-62-79)66-70-83(72-76(7)57-52-47-42-37-31-26-21-16-11-3)73-77(8)58-53-48-43-38-32-27-22-17-12-4/h75-78,84H,9-74H2,1-8H3. The second-order valence-corrected chi connectivity index (χ2v) is 29.0. The van der Waals surface area contributed by atoms with Gasteiger partial charge in [0.15, 0.2) is 0 Å². The van der Waals surface area contributed by atoms with Crippen LogP contribution in [0.25, 0.3) is 0 Å². The predicted octanol–water partition coefficient (Wildman–Crippen LogP) is 22.8. The Bertz CT molecular complexity index is 1210. The summed E-state index contributed by atoms with van der Waals surface area (Å²) < 4.78 is 0. The van der Waals surface area contributed by atoms with E-state index in [1.54, 1.807) is 0 Å². The van der Waals surface area contributed by atoms with Gasteiger partial charge in [-0.25, -0.2) is 0 Å². The van der Waals surface area contributed by atoms with E-state index in [0.717, 1.165) is 50.4 Å². The second-order valence-electron chi connectivity index (χ2n) is 29.0. The van der Waals surface area contributed by atoms with Gasteiger partial charge in [-0.3, -0.25) is 14.7 Å². The Labute approximate surface area is 531 Å². The zero-order valence-corrected chi connectivity index (χ0v) is 59.7. The molecule has 1 N–H and O–H groups in total. The molecule has 4 atom stereocenters. The molecule has 6 heteroatoms. The fraction of sp³-hybridized carbons (Fsp3) is 1.00. The van der Waals surface area contributed by atoms with Crippen molar-refractivity contribution in [1.82, 2.24) is 24.5 Å². The molecule has 0 radical (unpaired) electrons. The summed E-state index contributed by atoms with van der Waals surface area (Å²) in [7, 11) is 0. The van der Waals surface area contributed by atoms with Gasteiger partial charge in [0.1, 0.15) is 0 Å². The lowest BCUT2D eigenvalue weighted by molar-refractivity contribution is 0.0832. The Morgan fingerprint density at radius 2 is 0.476 bits per heavy atom. The van der Waals surface area contributed by atoms with Crippen LogP contribution in [0.5, 0.6) is 0 Å². The van der Waals surface area contributed by atoms with Crippen molar-refractivity contribution in [2.75, 3.05) is 98.2 Å². The molecule has 0 aromatic heterocycles. The number of hydrogen-bond acceptors (Lipinski definition) is 6. The number of hydrogen-bond donors (Lipinski definition) is 1. The van der Waals surface area contributed by atoms with Crippen LogP contribution in [0, 0.1) is 17.8 Å². The van der Waals surface area contributed by atoms with E-state index in [-0.39, 0.29) is 6.10 Å². The van der Waals surface area contributed by atoms with Gasteiger partial charge in [-0.05, 0) is 56.4 Å². The number of aliphatic hydroxyl groups is 1. The molecule has 0 saturated carbocycles. The molecule has 504 valence electrons. The maximum absolute atomic E-state index is 11.5. The molecule has 0 aromatic carbocycles. The van der Waals surface area contributed by atoms with Crippen LogP contribution in [0.4, 0.5) is 0 Å². The van der Waals surface area contributed by atoms with E-state index in [1.165, 1.54) is 393 Å².